The van der Waals surface area contributed by atoms with Crippen LogP contribution in [0.15, 0.2) is 12.1 Å². The lowest BCUT2D eigenvalue weighted by Crippen LogP contribution is -2.41. The third-order valence-corrected chi connectivity index (χ3v) is 3.71. The Bertz CT molecular complexity index is 303. The number of hydrogen-bond donors (Lipinski definition) is 1. The van der Waals surface area contributed by atoms with E-state index < -0.39 is 5.60 Å². The summed E-state index contributed by atoms with van der Waals surface area (Å²) >= 11 is 0. The van der Waals surface area contributed by atoms with Crippen molar-refractivity contribution in [3.05, 3.63) is 12.1 Å². The molecule has 0 aromatic rings. The molecular formula is C14H27BO3. The molecule has 4 heteroatoms. The zero-order valence-electron chi connectivity index (χ0n) is 12.8. The summed E-state index contributed by atoms with van der Waals surface area (Å²) in [6.45, 7) is 14.1. The Hall–Kier alpha value is -0.315. The van der Waals surface area contributed by atoms with Gasteiger partial charge in [0.25, 0.3) is 0 Å². The third-order valence-electron chi connectivity index (χ3n) is 3.71. The molecule has 104 valence electrons. The van der Waals surface area contributed by atoms with E-state index in [0.717, 1.165) is 6.42 Å². The van der Waals surface area contributed by atoms with Crippen molar-refractivity contribution < 1.29 is 14.4 Å². The van der Waals surface area contributed by atoms with Crippen LogP contribution in [-0.4, -0.2) is 29.0 Å². The van der Waals surface area contributed by atoms with Gasteiger partial charge in [0.05, 0.1) is 16.8 Å². The fraction of sp³-hybridized carbons (Fsp3) is 0.857. The lowest BCUT2D eigenvalue weighted by molar-refractivity contribution is 0.00578. The average molecular weight is 254 g/mol. The molecule has 1 N–H and O–H groups in total. The van der Waals surface area contributed by atoms with Gasteiger partial charge in [0, 0.05) is 0 Å². The Morgan fingerprint density at radius 2 is 1.61 bits per heavy atom. The van der Waals surface area contributed by atoms with Gasteiger partial charge in [-0.15, -0.1) is 0 Å². The van der Waals surface area contributed by atoms with Gasteiger partial charge < -0.3 is 14.4 Å². The van der Waals surface area contributed by atoms with Gasteiger partial charge in [-0.25, -0.2) is 0 Å². The molecule has 0 aromatic heterocycles. The van der Waals surface area contributed by atoms with Crippen LogP contribution in [0.4, 0.5) is 0 Å². The molecule has 1 fully saturated rings. The maximum atomic E-state index is 10.2. The second-order valence-electron chi connectivity index (χ2n) is 6.94. The number of aliphatic hydroxyl groups is 1. The summed E-state index contributed by atoms with van der Waals surface area (Å²) in [4.78, 5) is 0. The van der Waals surface area contributed by atoms with Gasteiger partial charge in [-0.2, -0.15) is 0 Å². The quantitative estimate of drug-likeness (QED) is 0.784. The Morgan fingerprint density at radius 1 is 1.17 bits per heavy atom. The van der Waals surface area contributed by atoms with Gasteiger partial charge in [-0.1, -0.05) is 25.9 Å². The molecule has 0 amide bonds. The van der Waals surface area contributed by atoms with Crippen molar-refractivity contribution >= 4 is 7.12 Å². The van der Waals surface area contributed by atoms with Crippen molar-refractivity contribution in [3.63, 3.8) is 0 Å². The molecular weight excluding hydrogens is 227 g/mol. The largest absolute Gasteiger partial charge is 0.486 e. The van der Waals surface area contributed by atoms with E-state index in [1.54, 1.807) is 6.08 Å². The number of hydrogen-bond acceptors (Lipinski definition) is 3. The fourth-order valence-electron chi connectivity index (χ4n) is 2.15. The van der Waals surface area contributed by atoms with Gasteiger partial charge in [0.1, 0.15) is 0 Å². The highest BCUT2D eigenvalue weighted by Crippen LogP contribution is 2.37. The molecule has 1 unspecified atom stereocenters. The molecule has 0 bridgehead atoms. The smallest absolute Gasteiger partial charge is 0.400 e. The first-order chi connectivity index (χ1) is 7.95. The van der Waals surface area contributed by atoms with Crippen molar-refractivity contribution in [1.29, 1.82) is 0 Å². The lowest BCUT2D eigenvalue weighted by atomic mass is 9.85. The van der Waals surface area contributed by atoms with Crippen LogP contribution in [0.1, 0.15) is 54.9 Å². The summed E-state index contributed by atoms with van der Waals surface area (Å²) in [7, 11) is -0.381. The minimum absolute atomic E-state index is 0.327. The van der Waals surface area contributed by atoms with E-state index in [4.69, 9.17) is 9.31 Å². The second-order valence-corrected chi connectivity index (χ2v) is 6.94. The molecule has 3 nitrogen and oxygen atoms in total. The topological polar surface area (TPSA) is 38.7 Å². The van der Waals surface area contributed by atoms with Crippen molar-refractivity contribution in [2.75, 3.05) is 0 Å². The summed E-state index contributed by atoms with van der Waals surface area (Å²) in [6.07, 6.45) is 2.51. The van der Waals surface area contributed by atoms with Crippen LogP contribution in [0.3, 0.4) is 0 Å². The molecule has 0 radical (unpaired) electrons. The highest BCUT2D eigenvalue weighted by atomic mass is 16.7. The summed E-state index contributed by atoms with van der Waals surface area (Å²) in [5.41, 5.74) is -1.46. The molecule has 0 saturated carbocycles. The standard InChI is InChI=1S/C14H27BO3/c1-11(2)10-14(7,16)8-9-15-17-12(3,4)13(5,6)18-15/h8-9,11,16H,10H2,1-7H3/b9-8+. The minimum Gasteiger partial charge on any atom is -0.400 e. The molecule has 0 spiro atoms. The van der Waals surface area contributed by atoms with Crippen molar-refractivity contribution in [2.24, 2.45) is 5.92 Å². The predicted molar refractivity (Wildman–Crippen MR) is 75.3 cm³/mol. The van der Waals surface area contributed by atoms with Crippen LogP contribution in [0.25, 0.3) is 0 Å². The van der Waals surface area contributed by atoms with Crippen molar-refractivity contribution in [3.8, 4) is 0 Å². The molecule has 1 aliphatic heterocycles. The first-order valence-electron chi connectivity index (χ1n) is 6.73. The van der Waals surface area contributed by atoms with Crippen LogP contribution >= 0.6 is 0 Å². The third kappa shape index (κ3) is 3.84. The van der Waals surface area contributed by atoms with Crippen LogP contribution in [-0.2, 0) is 9.31 Å². The average Bonchev–Trinajstić information content (AvgIpc) is 2.30. The molecule has 1 rings (SSSR count). The van der Waals surface area contributed by atoms with Gasteiger partial charge in [0.15, 0.2) is 0 Å². The lowest BCUT2D eigenvalue weighted by Gasteiger charge is -2.32. The summed E-state index contributed by atoms with van der Waals surface area (Å²) in [6, 6.07) is 0. The van der Waals surface area contributed by atoms with Gasteiger partial charge >= 0.3 is 7.12 Å². The van der Waals surface area contributed by atoms with Crippen LogP contribution in [0, 0.1) is 5.92 Å². The molecule has 0 aromatic carbocycles. The maximum absolute atomic E-state index is 10.2. The Labute approximate surface area is 112 Å². The second kappa shape index (κ2) is 4.99. The first-order valence-corrected chi connectivity index (χ1v) is 6.73. The highest BCUT2D eigenvalue weighted by Gasteiger charge is 2.50. The summed E-state index contributed by atoms with van der Waals surface area (Å²) < 4.78 is 11.7. The monoisotopic (exact) mass is 254 g/mol. The van der Waals surface area contributed by atoms with E-state index in [1.807, 2.05) is 40.6 Å². The Balaban J connectivity index is 2.65. The van der Waals surface area contributed by atoms with Gasteiger partial charge in [-0.3, -0.25) is 0 Å². The molecule has 1 atom stereocenters. The summed E-state index contributed by atoms with van der Waals surface area (Å²) in [5, 5.41) is 10.2. The normalized spacial score (nSPS) is 25.9. The van der Waals surface area contributed by atoms with Crippen LogP contribution in [0.5, 0.6) is 0 Å². The minimum atomic E-state index is -0.808. The van der Waals surface area contributed by atoms with E-state index >= 15 is 0 Å². The number of rotatable bonds is 4. The zero-order chi connectivity index (χ0) is 14.2. The molecule has 0 aliphatic carbocycles. The van der Waals surface area contributed by atoms with Crippen LogP contribution < -0.4 is 0 Å². The first kappa shape index (κ1) is 15.7. The van der Waals surface area contributed by atoms with E-state index in [0.29, 0.717) is 5.92 Å². The molecule has 1 saturated heterocycles. The van der Waals surface area contributed by atoms with Gasteiger partial charge in [-0.05, 0) is 47.0 Å². The Morgan fingerprint density at radius 3 is 2.00 bits per heavy atom. The molecule has 18 heavy (non-hydrogen) atoms. The molecule has 1 aliphatic rings. The zero-order valence-corrected chi connectivity index (χ0v) is 12.8. The molecule has 1 heterocycles. The SMILES string of the molecule is CC(C)CC(C)(O)/C=C/B1OC(C)(C)C(C)(C)O1. The van der Waals surface area contributed by atoms with Crippen molar-refractivity contribution in [2.45, 2.75) is 71.7 Å². The van der Waals surface area contributed by atoms with E-state index in [9.17, 15) is 5.11 Å². The van der Waals surface area contributed by atoms with E-state index in [-0.39, 0.29) is 18.3 Å². The Kier molecular flexibility index (Phi) is 4.36. The maximum Gasteiger partial charge on any atom is 0.486 e. The van der Waals surface area contributed by atoms with Crippen LogP contribution in [0.2, 0.25) is 0 Å². The van der Waals surface area contributed by atoms with Gasteiger partial charge in [0.2, 0.25) is 0 Å². The fourth-order valence-corrected chi connectivity index (χ4v) is 2.15. The van der Waals surface area contributed by atoms with Crippen molar-refractivity contribution in [1.82, 2.24) is 0 Å². The predicted octanol–water partition coefficient (Wildman–Crippen LogP) is 2.97. The van der Waals surface area contributed by atoms with E-state index in [1.165, 1.54) is 0 Å². The van der Waals surface area contributed by atoms with E-state index in [2.05, 4.69) is 13.8 Å². The highest BCUT2D eigenvalue weighted by molar-refractivity contribution is 6.51. The summed E-state index contributed by atoms with van der Waals surface area (Å²) in [5.74, 6) is 2.27.